The van der Waals surface area contributed by atoms with Crippen LogP contribution in [0.2, 0.25) is 0 Å². The van der Waals surface area contributed by atoms with Crippen molar-refractivity contribution >= 4 is 27.5 Å². The van der Waals surface area contributed by atoms with Gasteiger partial charge >= 0.3 is 0 Å². The molecule has 4 nitrogen and oxygen atoms in total. The molecular formula is C16H30N2O2S2. The summed E-state index contributed by atoms with van der Waals surface area (Å²) in [6.45, 7) is 10.4. The molecule has 0 heterocycles. The molecular weight excluding hydrogens is 316 g/mol. The highest BCUT2D eigenvalue weighted by Crippen LogP contribution is 2.20. The van der Waals surface area contributed by atoms with Gasteiger partial charge in [-0.2, -0.15) is 0 Å². The zero-order chi connectivity index (χ0) is 16.6. The van der Waals surface area contributed by atoms with Crippen molar-refractivity contribution in [3.05, 3.63) is 0 Å². The van der Waals surface area contributed by atoms with Gasteiger partial charge in [-0.05, 0) is 6.42 Å². The van der Waals surface area contributed by atoms with Crippen LogP contribution in [0.1, 0.15) is 40.5 Å². The highest BCUT2D eigenvalue weighted by atomic mass is 33.1. The van der Waals surface area contributed by atoms with Crippen molar-refractivity contribution in [1.82, 2.24) is 10.6 Å². The molecule has 0 fully saturated rings. The van der Waals surface area contributed by atoms with Gasteiger partial charge in [-0.25, -0.2) is 0 Å². The summed E-state index contributed by atoms with van der Waals surface area (Å²) in [5, 5.41) is 6.16. The Bertz CT molecular complexity index is 339. The smallest absolute Gasteiger partial charge is 0.220 e. The van der Waals surface area contributed by atoms with Crippen molar-refractivity contribution in [2.45, 2.75) is 46.6 Å². The normalized spacial score (nSPS) is 10.6. The largest absolute Gasteiger partial charge is 0.370 e. The number of carbonyl (C=O) groups is 1. The van der Waals surface area contributed by atoms with E-state index >= 15 is 0 Å². The van der Waals surface area contributed by atoms with Crippen LogP contribution in [0.4, 0.5) is 0 Å². The quantitative estimate of drug-likeness (QED) is 0.246. The van der Waals surface area contributed by atoms with Crippen LogP contribution in [-0.4, -0.2) is 43.3 Å². The summed E-state index contributed by atoms with van der Waals surface area (Å²) in [6.07, 6.45) is 1.25. The van der Waals surface area contributed by atoms with Gasteiger partial charge in [-0.3, -0.25) is 4.79 Å². The fourth-order valence-corrected chi connectivity index (χ4v) is 2.98. The number of hydrogen-bond donors (Lipinski definition) is 2. The van der Waals surface area contributed by atoms with Crippen LogP contribution in [0.5, 0.6) is 0 Å². The van der Waals surface area contributed by atoms with Gasteiger partial charge in [0.1, 0.15) is 5.94 Å². The van der Waals surface area contributed by atoms with Crippen LogP contribution in [0, 0.1) is 17.8 Å². The molecule has 0 saturated carbocycles. The Morgan fingerprint density at radius 2 is 2.00 bits per heavy atom. The van der Waals surface area contributed by atoms with Crippen LogP contribution < -0.4 is 10.6 Å². The molecule has 0 aliphatic heterocycles. The van der Waals surface area contributed by atoms with Gasteiger partial charge < -0.3 is 15.4 Å². The Hall–Kier alpha value is -0.350. The second kappa shape index (κ2) is 15.5. The van der Waals surface area contributed by atoms with Gasteiger partial charge in [0.25, 0.3) is 0 Å². The Balaban J connectivity index is 3.26. The van der Waals surface area contributed by atoms with Crippen LogP contribution in [-0.2, 0) is 9.53 Å². The number of nitrogens with one attached hydrogen (secondary N) is 2. The van der Waals surface area contributed by atoms with Crippen molar-refractivity contribution in [2.75, 3.05) is 31.4 Å². The maximum absolute atomic E-state index is 11.5. The average molecular weight is 347 g/mol. The fraction of sp³-hybridized carbons (Fsp3) is 0.812. The van der Waals surface area contributed by atoms with E-state index in [0.29, 0.717) is 37.5 Å². The second-order valence-electron chi connectivity index (χ2n) is 5.43. The lowest BCUT2D eigenvalue weighted by Gasteiger charge is -2.07. The molecule has 0 rings (SSSR count). The molecule has 0 aliphatic rings. The minimum Gasteiger partial charge on any atom is -0.370 e. The molecule has 0 bridgehead atoms. The second-order valence-corrected chi connectivity index (χ2v) is 7.96. The van der Waals surface area contributed by atoms with E-state index in [1.165, 1.54) is 0 Å². The van der Waals surface area contributed by atoms with Crippen molar-refractivity contribution in [3.8, 4) is 11.8 Å². The van der Waals surface area contributed by atoms with Gasteiger partial charge in [-0.15, -0.1) is 0 Å². The molecule has 0 spiro atoms. The van der Waals surface area contributed by atoms with E-state index in [4.69, 9.17) is 4.74 Å². The van der Waals surface area contributed by atoms with Crippen LogP contribution >= 0.6 is 21.6 Å². The molecule has 0 aromatic rings. The average Bonchev–Trinajstić information content (AvgIpc) is 2.45. The predicted octanol–water partition coefficient (Wildman–Crippen LogP) is 2.90. The van der Waals surface area contributed by atoms with E-state index in [1.54, 1.807) is 10.8 Å². The first-order valence-corrected chi connectivity index (χ1v) is 10.3. The fourth-order valence-electron chi connectivity index (χ4n) is 1.40. The summed E-state index contributed by atoms with van der Waals surface area (Å²) in [4.78, 5) is 11.5. The summed E-state index contributed by atoms with van der Waals surface area (Å²) in [6, 6.07) is 0.546. The first-order valence-electron chi connectivity index (χ1n) is 7.83. The zero-order valence-electron chi connectivity index (χ0n) is 14.2. The highest BCUT2D eigenvalue weighted by molar-refractivity contribution is 8.76. The molecule has 0 radical (unpaired) electrons. The zero-order valence-corrected chi connectivity index (χ0v) is 15.9. The first-order chi connectivity index (χ1) is 10.5. The Labute approximate surface area is 143 Å². The maximum Gasteiger partial charge on any atom is 0.220 e. The molecule has 0 atom stereocenters. The third-order valence-corrected chi connectivity index (χ3v) is 4.50. The summed E-state index contributed by atoms with van der Waals surface area (Å²) >= 11 is 0. The molecule has 0 aromatic carbocycles. The van der Waals surface area contributed by atoms with E-state index in [-0.39, 0.29) is 5.91 Å². The molecule has 0 aliphatic carbocycles. The summed E-state index contributed by atoms with van der Waals surface area (Å²) in [5.41, 5.74) is 0. The Morgan fingerprint density at radius 1 is 1.23 bits per heavy atom. The summed E-state index contributed by atoms with van der Waals surface area (Å²) < 4.78 is 5.48. The number of rotatable bonds is 12. The standard InChI is InChI=1S/C16H30N2O2S2/c1-14(2)7-5-9-18-16(19)8-6-11-20-13-22-21-12-10-17-15(3)4/h14-15,17H,6,8-13H2,1-4H3,(H,18,19). The van der Waals surface area contributed by atoms with Gasteiger partial charge in [0.15, 0.2) is 0 Å². The lowest BCUT2D eigenvalue weighted by molar-refractivity contribution is -0.121. The van der Waals surface area contributed by atoms with Crippen LogP contribution in [0.15, 0.2) is 0 Å². The van der Waals surface area contributed by atoms with Crippen molar-refractivity contribution in [2.24, 2.45) is 5.92 Å². The molecule has 128 valence electrons. The number of carbonyl (C=O) groups excluding carboxylic acids is 1. The monoisotopic (exact) mass is 346 g/mol. The van der Waals surface area contributed by atoms with Crippen LogP contribution in [0.25, 0.3) is 0 Å². The van der Waals surface area contributed by atoms with Gasteiger partial charge in [0, 0.05) is 37.3 Å². The van der Waals surface area contributed by atoms with E-state index in [1.807, 2.05) is 24.6 Å². The van der Waals surface area contributed by atoms with Crippen molar-refractivity contribution in [1.29, 1.82) is 0 Å². The SMILES string of the molecule is CC(C)C#CCNC(=O)CCCOCSSCCNC(C)C. The number of ether oxygens (including phenoxy) is 1. The molecule has 0 saturated heterocycles. The van der Waals surface area contributed by atoms with E-state index in [0.717, 1.165) is 18.7 Å². The Kier molecular flexibility index (Phi) is 15.3. The summed E-state index contributed by atoms with van der Waals surface area (Å²) in [7, 11) is 3.53. The van der Waals surface area contributed by atoms with E-state index < -0.39 is 0 Å². The minimum atomic E-state index is 0.0449. The molecule has 1 amide bonds. The maximum atomic E-state index is 11.5. The Morgan fingerprint density at radius 3 is 2.68 bits per heavy atom. The summed E-state index contributed by atoms with van der Waals surface area (Å²) in [5.74, 6) is 8.09. The van der Waals surface area contributed by atoms with Gasteiger partial charge in [-0.1, -0.05) is 61.1 Å². The third-order valence-electron chi connectivity index (χ3n) is 2.41. The van der Waals surface area contributed by atoms with Crippen LogP contribution in [0.3, 0.4) is 0 Å². The van der Waals surface area contributed by atoms with E-state index in [2.05, 4.69) is 36.3 Å². The topological polar surface area (TPSA) is 50.4 Å². The molecule has 0 aromatic heterocycles. The highest BCUT2D eigenvalue weighted by Gasteiger charge is 1.99. The lowest BCUT2D eigenvalue weighted by Crippen LogP contribution is -2.24. The van der Waals surface area contributed by atoms with Crippen molar-refractivity contribution in [3.63, 3.8) is 0 Å². The van der Waals surface area contributed by atoms with Crippen molar-refractivity contribution < 1.29 is 9.53 Å². The molecule has 2 N–H and O–H groups in total. The number of hydrogen-bond acceptors (Lipinski definition) is 5. The number of amides is 1. The predicted molar refractivity (Wildman–Crippen MR) is 98.9 cm³/mol. The molecule has 22 heavy (non-hydrogen) atoms. The molecule has 6 heteroatoms. The van der Waals surface area contributed by atoms with E-state index in [9.17, 15) is 4.79 Å². The van der Waals surface area contributed by atoms with Gasteiger partial charge in [0.2, 0.25) is 5.91 Å². The lowest BCUT2D eigenvalue weighted by atomic mass is 10.2. The third kappa shape index (κ3) is 17.7. The minimum absolute atomic E-state index is 0.0449. The molecule has 0 unspecified atom stereocenters. The van der Waals surface area contributed by atoms with Gasteiger partial charge in [0.05, 0.1) is 6.54 Å². The first kappa shape index (κ1) is 21.6.